The predicted octanol–water partition coefficient (Wildman–Crippen LogP) is 4.35. The first-order valence-corrected chi connectivity index (χ1v) is 5.85. The number of hydrogen-bond acceptors (Lipinski definition) is 0. The molecule has 1 aromatic carbocycles. The summed E-state index contributed by atoms with van der Waals surface area (Å²) in [6, 6.07) is 6.58. The van der Waals surface area contributed by atoms with E-state index in [-0.39, 0.29) is 0 Å². The topological polar surface area (TPSA) is 0 Å². The summed E-state index contributed by atoms with van der Waals surface area (Å²) in [4.78, 5) is 0. The lowest BCUT2D eigenvalue weighted by Gasteiger charge is -2.07. The van der Waals surface area contributed by atoms with Crippen molar-refractivity contribution in [3.8, 4) is 0 Å². The average Bonchev–Trinajstić information content (AvgIpc) is 2.16. The summed E-state index contributed by atoms with van der Waals surface area (Å²) in [5.74, 6) is 0. The summed E-state index contributed by atoms with van der Waals surface area (Å²) in [5, 5.41) is 0. The minimum atomic E-state index is 1.11. The Labute approximate surface area is 89.5 Å². The van der Waals surface area contributed by atoms with Gasteiger partial charge in [0.25, 0.3) is 0 Å². The molecule has 0 nitrogen and oxygen atoms in total. The molecule has 0 N–H and O–H groups in total. The molecule has 0 unspecified atom stereocenters. The zero-order chi connectivity index (χ0) is 9.68. The molecule has 0 heterocycles. The minimum Gasteiger partial charge on any atom is -0.0654 e. The average molecular weight is 241 g/mol. The van der Waals surface area contributed by atoms with Crippen molar-refractivity contribution >= 4 is 15.9 Å². The fourth-order valence-corrected chi connectivity index (χ4v) is 2.21. The van der Waals surface area contributed by atoms with Crippen LogP contribution in [0.3, 0.4) is 0 Å². The summed E-state index contributed by atoms with van der Waals surface area (Å²) < 4.78 is 1.32. The van der Waals surface area contributed by atoms with E-state index >= 15 is 0 Å². The Hall–Kier alpha value is -0.300. The van der Waals surface area contributed by atoms with Gasteiger partial charge in [-0.3, -0.25) is 0 Å². The molecular formula is C12H17Br. The van der Waals surface area contributed by atoms with Crippen LogP contribution in [0.15, 0.2) is 22.7 Å². The molecule has 0 radical (unpaired) electrons. The second-order valence-corrected chi connectivity index (χ2v) is 4.14. The molecule has 1 heteroatoms. The monoisotopic (exact) mass is 240 g/mol. The second kappa shape index (κ2) is 5.43. The van der Waals surface area contributed by atoms with Crippen molar-refractivity contribution in [3.05, 3.63) is 33.8 Å². The Bertz CT molecular complexity index is 266. The molecule has 0 aromatic heterocycles. The number of unbranched alkanes of at least 4 members (excludes halogenated alkanes) is 1. The maximum absolute atomic E-state index is 3.67. The molecule has 1 rings (SSSR count). The van der Waals surface area contributed by atoms with Gasteiger partial charge in [-0.05, 0) is 30.4 Å². The second-order valence-electron chi connectivity index (χ2n) is 3.35. The van der Waals surface area contributed by atoms with Crippen molar-refractivity contribution in [3.63, 3.8) is 0 Å². The number of aryl methyl sites for hydroxylation is 2. The van der Waals surface area contributed by atoms with E-state index in [0.717, 1.165) is 6.42 Å². The summed E-state index contributed by atoms with van der Waals surface area (Å²) in [6.07, 6.45) is 4.86. The Morgan fingerprint density at radius 3 is 2.46 bits per heavy atom. The molecule has 72 valence electrons. The third kappa shape index (κ3) is 2.84. The van der Waals surface area contributed by atoms with E-state index in [0.29, 0.717) is 0 Å². The molecule has 0 aliphatic rings. The molecule has 1 aromatic rings. The number of hydrogen-bond donors (Lipinski definition) is 0. The summed E-state index contributed by atoms with van der Waals surface area (Å²) in [5.41, 5.74) is 2.88. The van der Waals surface area contributed by atoms with Gasteiger partial charge in [0.05, 0.1) is 0 Å². The van der Waals surface area contributed by atoms with E-state index in [1.807, 2.05) is 0 Å². The standard InChI is InChI=1S/C12H17Br/c1-3-5-7-11-9-6-8-10(4-2)12(11)13/h6,8-9H,3-5,7H2,1-2H3. The van der Waals surface area contributed by atoms with E-state index in [9.17, 15) is 0 Å². The first kappa shape index (κ1) is 10.8. The van der Waals surface area contributed by atoms with E-state index < -0.39 is 0 Å². The van der Waals surface area contributed by atoms with E-state index in [1.165, 1.54) is 34.9 Å². The molecule has 0 saturated carbocycles. The van der Waals surface area contributed by atoms with Crippen LogP contribution < -0.4 is 0 Å². The van der Waals surface area contributed by atoms with Crippen molar-refractivity contribution in [1.29, 1.82) is 0 Å². The van der Waals surface area contributed by atoms with Crippen molar-refractivity contribution < 1.29 is 0 Å². The van der Waals surface area contributed by atoms with E-state index in [2.05, 4.69) is 48.0 Å². The Kier molecular flexibility index (Phi) is 4.51. The van der Waals surface area contributed by atoms with Gasteiger partial charge in [-0.25, -0.2) is 0 Å². The van der Waals surface area contributed by atoms with Gasteiger partial charge in [-0.1, -0.05) is 54.4 Å². The van der Waals surface area contributed by atoms with Crippen LogP contribution in [-0.4, -0.2) is 0 Å². The van der Waals surface area contributed by atoms with Crippen LogP contribution >= 0.6 is 15.9 Å². The van der Waals surface area contributed by atoms with Gasteiger partial charge in [0.2, 0.25) is 0 Å². The SMILES string of the molecule is CCCCc1cccc(CC)c1Br. The molecule has 0 spiro atoms. The third-order valence-electron chi connectivity index (χ3n) is 2.34. The molecule has 0 fully saturated rings. The van der Waals surface area contributed by atoms with Crippen molar-refractivity contribution in [2.24, 2.45) is 0 Å². The summed E-state index contributed by atoms with van der Waals surface area (Å²) >= 11 is 3.67. The van der Waals surface area contributed by atoms with Crippen LogP contribution in [0.2, 0.25) is 0 Å². The first-order valence-electron chi connectivity index (χ1n) is 5.05. The highest BCUT2D eigenvalue weighted by atomic mass is 79.9. The van der Waals surface area contributed by atoms with Gasteiger partial charge in [-0.2, -0.15) is 0 Å². The predicted molar refractivity (Wildman–Crippen MR) is 62.1 cm³/mol. The highest BCUT2D eigenvalue weighted by molar-refractivity contribution is 9.10. The fourth-order valence-electron chi connectivity index (χ4n) is 1.47. The molecule has 13 heavy (non-hydrogen) atoms. The van der Waals surface area contributed by atoms with Crippen LogP contribution in [-0.2, 0) is 12.8 Å². The third-order valence-corrected chi connectivity index (χ3v) is 3.36. The van der Waals surface area contributed by atoms with Crippen LogP contribution in [0.25, 0.3) is 0 Å². The Morgan fingerprint density at radius 2 is 1.85 bits per heavy atom. The van der Waals surface area contributed by atoms with Gasteiger partial charge < -0.3 is 0 Å². The van der Waals surface area contributed by atoms with Crippen molar-refractivity contribution in [2.75, 3.05) is 0 Å². The van der Waals surface area contributed by atoms with Crippen molar-refractivity contribution in [2.45, 2.75) is 39.5 Å². The molecule has 0 saturated heterocycles. The molecule has 0 amide bonds. The number of rotatable bonds is 4. The highest BCUT2D eigenvalue weighted by Crippen LogP contribution is 2.23. The Morgan fingerprint density at radius 1 is 1.15 bits per heavy atom. The highest BCUT2D eigenvalue weighted by Gasteiger charge is 2.02. The van der Waals surface area contributed by atoms with Crippen molar-refractivity contribution in [1.82, 2.24) is 0 Å². The maximum atomic E-state index is 3.67. The van der Waals surface area contributed by atoms with E-state index in [1.54, 1.807) is 0 Å². The lowest BCUT2D eigenvalue weighted by atomic mass is 10.0. The first-order chi connectivity index (χ1) is 6.29. The van der Waals surface area contributed by atoms with Gasteiger partial charge in [-0.15, -0.1) is 0 Å². The minimum absolute atomic E-state index is 1.11. The summed E-state index contributed by atoms with van der Waals surface area (Å²) in [7, 11) is 0. The van der Waals surface area contributed by atoms with Crippen LogP contribution in [0.1, 0.15) is 37.8 Å². The van der Waals surface area contributed by atoms with Crippen LogP contribution in [0.5, 0.6) is 0 Å². The summed E-state index contributed by atoms with van der Waals surface area (Å²) in [6.45, 7) is 4.43. The normalized spacial score (nSPS) is 10.4. The Balaban J connectivity index is 2.81. The molecule has 0 aliphatic heterocycles. The zero-order valence-corrected chi connectivity index (χ0v) is 10.0. The van der Waals surface area contributed by atoms with Gasteiger partial charge in [0, 0.05) is 4.47 Å². The largest absolute Gasteiger partial charge is 0.0654 e. The van der Waals surface area contributed by atoms with Crippen LogP contribution in [0, 0.1) is 0 Å². The maximum Gasteiger partial charge on any atom is 0.0239 e. The molecule has 0 atom stereocenters. The molecule has 0 bridgehead atoms. The lowest BCUT2D eigenvalue weighted by molar-refractivity contribution is 0.791. The molecule has 0 aliphatic carbocycles. The number of halogens is 1. The number of benzene rings is 1. The van der Waals surface area contributed by atoms with Gasteiger partial charge >= 0.3 is 0 Å². The van der Waals surface area contributed by atoms with Gasteiger partial charge in [0.15, 0.2) is 0 Å². The fraction of sp³-hybridized carbons (Fsp3) is 0.500. The smallest absolute Gasteiger partial charge is 0.0239 e. The van der Waals surface area contributed by atoms with Gasteiger partial charge in [0.1, 0.15) is 0 Å². The quantitative estimate of drug-likeness (QED) is 0.734. The zero-order valence-electron chi connectivity index (χ0n) is 8.44. The van der Waals surface area contributed by atoms with Crippen LogP contribution in [0.4, 0.5) is 0 Å². The molecular weight excluding hydrogens is 224 g/mol. The lowest BCUT2D eigenvalue weighted by Crippen LogP contribution is -1.91. The van der Waals surface area contributed by atoms with E-state index in [4.69, 9.17) is 0 Å².